The molecule has 7 nitrogen and oxygen atoms in total. The van der Waals surface area contributed by atoms with Crippen molar-refractivity contribution in [2.24, 2.45) is 0 Å². The molecule has 1 unspecified atom stereocenters. The molecule has 0 bridgehead atoms. The number of methoxy groups -OCH3 is 1. The van der Waals surface area contributed by atoms with Gasteiger partial charge in [0, 0.05) is 6.07 Å². The molecular weight excluding hydrogens is 398 g/mol. The Morgan fingerprint density at radius 1 is 1.07 bits per heavy atom. The number of halogens is 1. The summed E-state index contributed by atoms with van der Waals surface area (Å²) in [5.74, 6) is 0.515. The Kier molecular flexibility index (Phi) is 8.15. The van der Waals surface area contributed by atoms with E-state index < -0.39 is 18.0 Å². The second kappa shape index (κ2) is 10.6. The lowest BCUT2D eigenvalue weighted by atomic mass is 10.1. The van der Waals surface area contributed by atoms with Crippen molar-refractivity contribution in [1.29, 1.82) is 0 Å². The summed E-state index contributed by atoms with van der Waals surface area (Å²) in [6.45, 7) is 6.00. The summed E-state index contributed by atoms with van der Waals surface area (Å²) in [4.78, 5) is 24.5. The first-order valence-corrected chi connectivity index (χ1v) is 9.52. The Bertz CT molecular complexity index is 853. The summed E-state index contributed by atoms with van der Waals surface area (Å²) in [7, 11) is 1.41. The number of ether oxygens (including phenoxy) is 4. The number of hydrogen-bond donors (Lipinski definition) is 1. The van der Waals surface area contributed by atoms with Gasteiger partial charge in [-0.1, -0.05) is 11.6 Å². The number of esters is 1. The number of benzene rings is 2. The van der Waals surface area contributed by atoms with Gasteiger partial charge in [-0.3, -0.25) is 4.79 Å². The minimum absolute atomic E-state index is 0.176. The van der Waals surface area contributed by atoms with Gasteiger partial charge in [0.1, 0.15) is 22.8 Å². The lowest BCUT2D eigenvalue weighted by molar-refractivity contribution is -0.122. The number of hydrogen-bond acceptors (Lipinski definition) is 6. The maximum Gasteiger partial charge on any atom is 0.341 e. The minimum atomic E-state index is -0.792. The maximum atomic E-state index is 12.5. The van der Waals surface area contributed by atoms with E-state index in [2.05, 4.69) is 5.32 Å². The van der Waals surface area contributed by atoms with Crippen molar-refractivity contribution >= 4 is 29.2 Å². The SMILES string of the molecule is CCOC(=O)c1cc(Cl)c(NC(=O)C(C)Oc2ccc(OCC)cc2)cc1OC. The van der Waals surface area contributed by atoms with Gasteiger partial charge in [0.2, 0.25) is 0 Å². The Labute approximate surface area is 174 Å². The van der Waals surface area contributed by atoms with Crippen molar-refractivity contribution in [3.8, 4) is 17.2 Å². The van der Waals surface area contributed by atoms with E-state index >= 15 is 0 Å². The van der Waals surface area contributed by atoms with Gasteiger partial charge in [-0.15, -0.1) is 0 Å². The summed E-state index contributed by atoms with van der Waals surface area (Å²) in [5.41, 5.74) is 0.472. The molecule has 1 amide bonds. The van der Waals surface area contributed by atoms with Crippen LogP contribution in [0.2, 0.25) is 5.02 Å². The lowest BCUT2D eigenvalue weighted by Crippen LogP contribution is -2.30. The predicted octanol–water partition coefficient (Wildman–Crippen LogP) is 4.33. The molecule has 0 aliphatic carbocycles. The van der Waals surface area contributed by atoms with Crippen molar-refractivity contribution in [3.63, 3.8) is 0 Å². The molecule has 8 heteroatoms. The number of rotatable bonds is 9. The molecule has 156 valence electrons. The molecule has 0 saturated heterocycles. The molecule has 29 heavy (non-hydrogen) atoms. The third-order valence-corrected chi connectivity index (χ3v) is 4.17. The summed E-state index contributed by atoms with van der Waals surface area (Å²) in [6, 6.07) is 9.83. The van der Waals surface area contributed by atoms with Crippen LogP contribution in [0.3, 0.4) is 0 Å². The Hall–Kier alpha value is -2.93. The summed E-state index contributed by atoms with van der Waals surface area (Å²) in [5, 5.41) is 2.86. The van der Waals surface area contributed by atoms with Crippen LogP contribution < -0.4 is 19.5 Å². The van der Waals surface area contributed by atoms with Crippen molar-refractivity contribution in [3.05, 3.63) is 47.0 Å². The van der Waals surface area contributed by atoms with Crippen LogP contribution in [0.25, 0.3) is 0 Å². The van der Waals surface area contributed by atoms with Crippen molar-refractivity contribution in [1.82, 2.24) is 0 Å². The molecule has 0 radical (unpaired) electrons. The zero-order valence-electron chi connectivity index (χ0n) is 16.8. The average Bonchev–Trinajstić information content (AvgIpc) is 2.70. The second-order valence-corrected chi connectivity index (χ2v) is 6.31. The van der Waals surface area contributed by atoms with E-state index in [0.717, 1.165) is 5.75 Å². The molecular formula is C21H24ClNO6. The summed E-state index contributed by atoms with van der Waals surface area (Å²) < 4.78 is 21.2. The van der Waals surface area contributed by atoms with E-state index in [0.29, 0.717) is 18.0 Å². The first-order chi connectivity index (χ1) is 13.9. The van der Waals surface area contributed by atoms with Crippen LogP contribution in [0.15, 0.2) is 36.4 Å². The first-order valence-electron chi connectivity index (χ1n) is 9.14. The fraction of sp³-hybridized carbons (Fsp3) is 0.333. The quantitative estimate of drug-likeness (QED) is 0.607. The molecule has 1 atom stereocenters. The highest BCUT2D eigenvalue weighted by Crippen LogP contribution is 2.32. The minimum Gasteiger partial charge on any atom is -0.496 e. The van der Waals surface area contributed by atoms with Crippen molar-refractivity contribution in [2.75, 3.05) is 25.6 Å². The first kappa shape index (κ1) is 22.4. The third kappa shape index (κ3) is 6.02. The highest BCUT2D eigenvalue weighted by Gasteiger charge is 2.20. The van der Waals surface area contributed by atoms with E-state index in [1.807, 2.05) is 6.92 Å². The number of carbonyl (C=O) groups excluding carboxylic acids is 2. The van der Waals surface area contributed by atoms with Crippen molar-refractivity contribution < 1.29 is 28.5 Å². The molecule has 1 N–H and O–H groups in total. The fourth-order valence-corrected chi connectivity index (χ4v) is 2.67. The monoisotopic (exact) mass is 421 g/mol. The average molecular weight is 422 g/mol. The highest BCUT2D eigenvalue weighted by atomic mass is 35.5. The van der Waals surface area contributed by atoms with Crippen LogP contribution in [0.4, 0.5) is 5.69 Å². The molecule has 0 aliphatic heterocycles. The molecule has 0 heterocycles. The van der Waals surface area contributed by atoms with Gasteiger partial charge in [0.25, 0.3) is 5.91 Å². The van der Waals surface area contributed by atoms with Gasteiger partial charge < -0.3 is 24.3 Å². The number of nitrogens with one attached hydrogen (secondary N) is 1. The molecule has 0 aliphatic rings. The predicted molar refractivity (Wildman–Crippen MR) is 110 cm³/mol. The lowest BCUT2D eigenvalue weighted by Gasteiger charge is -2.17. The zero-order chi connectivity index (χ0) is 21.4. The number of anilines is 1. The second-order valence-electron chi connectivity index (χ2n) is 5.91. The molecule has 2 aromatic carbocycles. The summed E-state index contributed by atoms with van der Waals surface area (Å²) in [6.07, 6.45) is -0.792. The van der Waals surface area contributed by atoms with Gasteiger partial charge in [0.05, 0.1) is 31.0 Å². The third-order valence-electron chi connectivity index (χ3n) is 3.86. The van der Waals surface area contributed by atoms with Crippen LogP contribution in [0.5, 0.6) is 17.2 Å². The standard InChI is InChI=1S/C21H24ClNO6/c1-5-27-14-7-9-15(10-8-14)29-13(3)20(24)23-18-12-19(26-4)16(11-17(18)22)21(25)28-6-2/h7-13H,5-6H2,1-4H3,(H,23,24). The molecule has 2 aromatic rings. The Morgan fingerprint density at radius 2 is 1.72 bits per heavy atom. The van der Waals surface area contributed by atoms with Crippen LogP contribution in [-0.4, -0.2) is 38.3 Å². The Morgan fingerprint density at radius 3 is 2.31 bits per heavy atom. The van der Waals surface area contributed by atoms with Gasteiger partial charge >= 0.3 is 5.97 Å². The molecule has 0 spiro atoms. The van der Waals surface area contributed by atoms with Crippen LogP contribution >= 0.6 is 11.6 Å². The molecule has 0 saturated carbocycles. The van der Waals surface area contributed by atoms with E-state index in [-0.39, 0.29) is 22.9 Å². The van der Waals surface area contributed by atoms with Gasteiger partial charge in [-0.25, -0.2) is 4.79 Å². The fourth-order valence-electron chi connectivity index (χ4n) is 2.46. The van der Waals surface area contributed by atoms with E-state index in [9.17, 15) is 9.59 Å². The molecule has 0 aromatic heterocycles. The van der Waals surface area contributed by atoms with Gasteiger partial charge in [0.15, 0.2) is 6.10 Å². The van der Waals surface area contributed by atoms with E-state index in [1.54, 1.807) is 38.1 Å². The zero-order valence-corrected chi connectivity index (χ0v) is 17.5. The highest BCUT2D eigenvalue weighted by molar-refractivity contribution is 6.34. The van der Waals surface area contributed by atoms with Gasteiger partial charge in [-0.05, 0) is 51.1 Å². The van der Waals surface area contributed by atoms with E-state index in [1.165, 1.54) is 19.2 Å². The number of carbonyl (C=O) groups is 2. The van der Waals surface area contributed by atoms with Crippen LogP contribution in [-0.2, 0) is 9.53 Å². The molecule has 2 rings (SSSR count). The maximum absolute atomic E-state index is 12.5. The number of amides is 1. The van der Waals surface area contributed by atoms with Crippen LogP contribution in [0, 0.1) is 0 Å². The largest absolute Gasteiger partial charge is 0.496 e. The normalized spacial score (nSPS) is 11.3. The molecule has 0 fully saturated rings. The van der Waals surface area contributed by atoms with E-state index in [4.69, 9.17) is 30.5 Å². The summed E-state index contributed by atoms with van der Waals surface area (Å²) >= 11 is 6.23. The van der Waals surface area contributed by atoms with Crippen LogP contribution in [0.1, 0.15) is 31.1 Å². The van der Waals surface area contributed by atoms with Gasteiger partial charge in [-0.2, -0.15) is 0 Å². The van der Waals surface area contributed by atoms with Crippen molar-refractivity contribution in [2.45, 2.75) is 26.9 Å². The topological polar surface area (TPSA) is 83.1 Å². The Balaban J connectivity index is 2.09. The smallest absolute Gasteiger partial charge is 0.341 e.